The summed E-state index contributed by atoms with van der Waals surface area (Å²) in [5.41, 5.74) is 1.43. The molecule has 0 spiro atoms. The fourth-order valence-electron chi connectivity index (χ4n) is 2.07. The van der Waals surface area contributed by atoms with Crippen LogP contribution in [0.1, 0.15) is 41.9 Å². The van der Waals surface area contributed by atoms with Gasteiger partial charge in [-0.15, -0.1) is 0 Å². The summed E-state index contributed by atoms with van der Waals surface area (Å²) < 4.78 is 0. The van der Waals surface area contributed by atoms with Crippen molar-refractivity contribution in [3.05, 3.63) is 35.7 Å². The van der Waals surface area contributed by atoms with Crippen LogP contribution in [0.4, 0.5) is 0 Å². The van der Waals surface area contributed by atoms with Gasteiger partial charge in [-0.3, -0.25) is 9.89 Å². The number of carbonyl (C=O) groups excluding carboxylic acids is 1. The van der Waals surface area contributed by atoms with E-state index >= 15 is 0 Å². The van der Waals surface area contributed by atoms with E-state index in [0.717, 1.165) is 11.4 Å². The maximum absolute atomic E-state index is 11.9. The van der Waals surface area contributed by atoms with Crippen LogP contribution < -0.4 is 5.32 Å². The Hall–Kier alpha value is -2.21. The predicted octanol–water partition coefficient (Wildman–Crippen LogP) is 1.46. The quantitative estimate of drug-likeness (QED) is 0.776. The van der Waals surface area contributed by atoms with E-state index < -0.39 is 0 Å². The molecule has 0 radical (unpaired) electrons. The van der Waals surface area contributed by atoms with Crippen LogP contribution in [0, 0.1) is 0 Å². The summed E-state index contributed by atoms with van der Waals surface area (Å²) in [5, 5.41) is 18.8. The van der Waals surface area contributed by atoms with Crippen LogP contribution in [0.5, 0.6) is 0 Å². The van der Waals surface area contributed by atoms with E-state index in [9.17, 15) is 4.79 Å². The molecule has 2 aromatic rings. The Morgan fingerprint density at radius 1 is 1.43 bits per heavy atom. The largest absolute Gasteiger partial charge is 0.394 e. The number of hydrogen-bond acceptors (Lipinski definition) is 4. The van der Waals surface area contributed by atoms with E-state index in [2.05, 4.69) is 20.5 Å². The van der Waals surface area contributed by atoms with Gasteiger partial charge in [0.15, 0.2) is 5.82 Å². The number of rotatable bonds is 5. The highest BCUT2D eigenvalue weighted by atomic mass is 16.3. The van der Waals surface area contributed by atoms with Crippen LogP contribution in [0.2, 0.25) is 0 Å². The first kappa shape index (κ1) is 13.8. The number of nitrogens with zero attached hydrogens (tertiary/aromatic N) is 2. The van der Waals surface area contributed by atoms with Crippen LogP contribution in [0.3, 0.4) is 0 Å². The summed E-state index contributed by atoms with van der Waals surface area (Å²) in [6.07, 6.45) is 2.35. The average Bonchev–Trinajstić information content (AvgIpc) is 3.24. The first-order valence-corrected chi connectivity index (χ1v) is 7.12. The number of aromatic nitrogens is 3. The van der Waals surface area contributed by atoms with Gasteiger partial charge in [0, 0.05) is 23.1 Å². The molecule has 1 atom stereocenters. The van der Waals surface area contributed by atoms with Crippen LogP contribution in [-0.4, -0.2) is 38.8 Å². The number of carbonyl (C=O) groups is 1. The van der Waals surface area contributed by atoms with Gasteiger partial charge in [-0.25, -0.2) is 4.98 Å². The molecule has 21 heavy (non-hydrogen) atoms. The van der Waals surface area contributed by atoms with Crippen molar-refractivity contribution in [1.29, 1.82) is 0 Å². The normalized spacial score (nSPS) is 15.7. The van der Waals surface area contributed by atoms with E-state index in [-0.39, 0.29) is 18.6 Å². The molecule has 0 aliphatic heterocycles. The highest BCUT2D eigenvalue weighted by molar-refractivity contribution is 5.94. The molecule has 6 heteroatoms. The van der Waals surface area contributed by atoms with Crippen molar-refractivity contribution < 1.29 is 9.90 Å². The minimum Gasteiger partial charge on any atom is -0.394 e. The first-order chi connectivity index (χ1) is 10.2. The molecule has 1 unspecified atom stereocenters. The van der Waals surface area contributed by atoms with Gasteiger partial charge in [0.25, 0.3) is 5.91 Å². The molecule has 1 heterocycles. The van der Waals surface area contributed by atoms with E-state index in [0.29, 0.717) is 17.3 Å². The van der Waals surface area contributed by atoms with Gasteiger partial charge >= 0.3 is 0 Å². The molecule has 1 aliphatic rings. The first-order valence-electron chi connectivity index (χ1n) is 7.12. The van der Waals surface area contributed by atoms with Crippen molar-refractivity contribution in [2.24, 2.45) is 0 Å². The smallest absolute Gasteiger partial charge is 0.251 e. The zero-order chi connectivity index (χ0) is 14.8. The third kappa shape index (κ3) is 3.11. The number of aromatic amines is 1. The summed E-state index contributed by atoms with van der Waals surface area (Å²) in [5.74, 6) is 1.95. The summed E-state index contributed by atoms with van der Waals surface area (Å²) in [6.45, 7) is 1.67. The molecule has 1 aromatic heterocycles. The molecule has 1 fully saturated rings. The van der Waals surface area contributed by atoms with Crippen molar-refractivity contribution in [3.63, 3.8) is 0 Å². The number of amides is 1. The Morgan fingerprint density at radius 2 is 2.14 bits per heavy atom. The average molecular weight is 286 g/mol. The number of H-pyrrole nitrogens is 1. The highest BCUT2D eigenvalue weighted by Gasteiger charge is 2.27. The summed E-state index contributed by atoms with van der Waals surface area (Å²) in [6, 6.07) is 6.88. The van der Waals surface area contributed by atoms with Gasteiger partial charge in [0.1, 0.15) is 5.82 Å². The maximum Gasteiger partial charge on any atom is 0.251 e. The summed E-state index contributed by atoms with van der Waals surface area (Å²) >= 11 is 0. The molecule has 0 saturated heterocycles. The molecule has 110 valence electrons. The molecule has 1 aromatic carbocycles. The highest BCUT2D eigenvalue weighted by Crippen LogP contribution is 2.38. The second kappa shape index (κ2) is 5.65. The lowest BCUT2D eigenvalue weighted by atomic mass is 10.1. The van der Waals surface area contributed by atoms with Gasteiger partial charge in [-0.2, -0.15) is 5.10 Å². The van der Waals surface area contributed by atoms with Crippen molar-refractivity contribution in [2.45, 2.75) is 31.7 Å². The van der Waals surface area contributed by atoms with Gasteiger partial charge in [-0.05, 0) is 31.9 Å². The fourth-order valence-corrected chi connectivity index (χ4v) is 2.07. The molecule has 6 nitrogen and oxygen atoms in total. The Balaban J connectivity index is 1.72. The van der Waals surface area contributed by atoms with Gasteiger partial charge in [0.05, 0.1) is 6.61 Å². The Kier molecular flexibility index (Phi) is 3.70. The molecular formula is C15H18N4O2. The lowest BCUT2D eigenvalue weighted by Crippen LogP contribution is -2.34. The molecule has 3 rings (SSSR count). The topological polar surface area (TPSA) is 90.9 Å². The number of nitrogens with one attached hydrogen (secondary N) is 2. The molecule has 1 aliphatic carbocycles. The van der Waals surface area contributed by atoms with Crippen LogP contribution in [-0.2, 0) is 0 Å². The molecule has 3 N–H and O–H groups in total. The zero-order valence-corrected chi connectivity index (χ0v) is 11.8. The molecule has 1 amide bonds. The monoisotopic (exact) mass is 286 g/mol. The minimum absolute atomic E-state index is 0.0784. The standard InChI is InChI=1S/C15H18N4O2/c1-9(8-20)16-15(21)12-6-4-11(5-7-12)14-17-13(18-19-14)10-2-3-10/h4-7,9-10,20H,2-3,8H2,1H3,(H,16,21)(H,17,18,19). The molecule has 1 saturated carbocycles. The third-order valence-electron chi connectivity index (χ3n) is 3.52. The molecular weight excluding hydrogens is 268 g/mol. The van der Waals surface area contributed by atoms with Crippen molar-refractivity contribution in [2.75, 3.05) is 6.61 Å². The number of hydrogen-bond donors (Lipinski definition) is 3. The van der Waals surface area contributed by atoms with Crippen molar-refractivity contribution in [3.8, 4) is 11.4 Å². The van der Waals surface area contributed by atoms with Crippen molar-refractivity contribution in [1.82, 2.24) is 20.5 Å². The summed E-state index contributed by atoms with van der Waals surface area (Å²) in [4.78, 5) is 16.4. The fraction of sp³-hybridized carbons (Fsp3) is 0.400. The van der Waals surface area contributed by atoms with E-state index in [1.165, 1.54) is 12.8 Å². The van der Waals surface area contributed by atoms with E-state index in [1.807, 2.05) is 12.1 Å². The lowest BCUT2D eigenvalue weighted by Gasteiger charge is -2.10. The Morgan fingerprint density at radius 3 is 2.76 bits per heavy atom. The Bertz CT molecular complexity index is 631. The molecule has 0 bridgehead atoms. The van der Waals surface area contributed by atoms with Gasteiger partial charge in [-0.1, -0.05) is 12.1 Å². The van der Waals surface area contributed by atoms with Crippen molar-refractivity contribution >= 4 is 5.91 Å². The SMILES string of the molecule is CC(CO)NC(=O)c1ccc(-c2n[nH]c(C3CC3)n2)cc1. The third-order valence-corrected chi connectivity index (χ3v) is 3.52. The second-order valence-electron chi connectivity index (χ2n) is 5.45. The van der Waals surface area contributed by atoms with E-state index in [4.69, 9.17) is 5.11 Å². The number of benzene rings is 1. The maximum atomic E-state index is 11.9. The summed E-state index contributed by atoms with van der Waals surface area (Å²) in [7, 11) is 0. The second-order valence-corrected chi connectivity index (χ2v) is 5.45. The van der Waals surface area contributed by atoms with Crippen LogP contribution in [0.15, 0.2) is 24.3 Å². The van der Waals surface area contributed by atoms with Gasteiger partial charge < -0.3 is 10.4 Å². The zero-order valence-electron chi connectivity index (χ0n) is 11.8. The number of aliphatic hydroxyl groups excluding tert-OH is 1. The Labute approximate surface area is 122 Å². The van der Waals surface area contributed by atoms with E-state index in [1.54, 1.807) is 19.1 Å². The van der Waals surface area contributed by atoms with Crippen LogP contribution in [0.25, 0.3) is 11.4 Å². The minimum atomic E-state index is -0.258. The van der Waals surface area contributed by atoms with Gasteiger partial charge in [0.2, 0.25) is 0 Å². The number of aliphatic hydroxyl groups is 1. The lowest BCUT2D eigenvalue weighted by molar-refractivity contribution is 0.0922. The predicted molar refractivity (Wildman–Crippen MR) is 77.8 cm³/mol. The van der Waals surface area contributed by atoms with Crippen LogP contribution >= 0.6 is 0 Å².